The van der Waals surface area contributed by atoms with Crippen molar-refractivity contribution in [3.8, 4) is 0 Å². The normalized spacial score (nSPS) is 10.1. The van der Waals surface area contributed by atoms with Gasteiger partial charge < -0.3 is 12.3 Å². The summed E-state index contributed by atoms with van der Waals surface area (Å²) in [7, 11) is 1.82. The molecule has 0 heterocycles. The zero-order chi connectivity index (χ0) is 12.3. The van der Waals surface area contributed by atoms with Gasteiger partial charge in [-0.1, -0.05) is 33.4 Å². The van der Waals surface area contributed by atoms with Gasteiger partial charge in [-0.15, -0.1) is 6.07 Å². The number of hydrogen-bond donors (Lipinski definition) is 0. The third-order valence-corrected chi connectivity index (χ3v) is 2.36. The molecule has 0 saturated heterocycles. The fourth-order valence-corrected chi connectivity index (χ4v) is 1.48. The Bertz CT molecular complexity index is 382. The van der Waals surface area contributed by atoms with Crippen LogP contribution < -0.4 is 4.90 Å². The molecule has 2 nitrogen and oxygen atoms in total. The van der Waals surface area contributed by atoms with Gasteiger partial charge in [-0.25, -0.2) is 0 Å². The van der Waals surface area contributed by atoms with E-state index in [2.05, 4.69) is 26.8 Å². The number of nitrogens with zero attached hydrogens (tertiary/aromatic N) is 1. The number of hydrogen-bond acceptors (Lipinski definition) is 1. The van der Waals surface area contributed by atoms with Gasteiger partial charge in [0.05, 0.1) is 0 Å². The summed E-state index contributed by atoms with van der Waals surface area (Å²) >= 11 is 0. The molecule has 99 valence electrons. The van der Waals surface area contributed by atoms with E-state index in [1.807, 2.05) is 32.2 Å². The second-order valence-corrected chi connectivity index (χ2v) is 5.46. The van der Waals surface area contributed by atoms with Gasteiger partial charge in [-0.05, 0) is 5.41 Å². The van der Waals surface area contributed by atoms with Gasteiger partial charge >= 0.3 is 0 Å². The summed E-state index contributed by atoms with van der Waals surface area (Å²) in [6.45, 7) is 8.21. The molecule has 0 aliphatic carbocycles. The van der Waals surface area contributed by atoms with Crippen molar-refractivity contribution in [1.82, 2.24) is 0 Å². The summed E-state index contributed by atoms with van der Waals surface area (Å²) < 4.78 is 0. The van der Waals surface area contributed by atoms with Crippen LogP contribution in [0.1, 0.15) is 32.8 Å². The van der Waals surface area contributed by atoms with E-state index in [0.29, 0.717) is 6.42 Å². The zero-order valence-electron chi connectivity index (χ0n) is 12.4. The Labute approximate surface area is 137 Å². The van der Waals surface area contributed by atoms with Crippen molar-refractivity contribution in [2.24, 2.45) is 5.41 Å². The molecule has 1 radical (unpaired) electrons. The first-order chi connectivity index (χ1) is 7.29. The van der Waals surface area contributed by atoms with Gasteiger partial charge in [0, 0.05) is 46.2 Å². The maximum Gasteiger partial charge on any atom is 0.216 e. The van der Waals surface area contributed by atoms with Crippen LogP contribution in [0.25, 0.3) is 0 Å². The van der Waals surface area contributed by atoms with Crippen LogP contribution in [0.5, 0.6) is 0 Å². The first-order valence-corrected chi connectivity index (χ1v) is 5.54. The Morgan fingerprint density at radius 1 is 1.33 bits per heavy atom. The van der Waals surface area contributed by atoms with Crippen molar-refractivity contribution >= 4 is 11.6 Å². The Balaban J connectivity index is 0. The van der Waals surface area contributed by atoms with E-state index in [-0.39, 0.29) is 51.5 Å². The average Bonchev–Trinajstić information content (AvgIpc) is 2.14. The molecule has 1 aromatic carbocycles. The molecule has 0 fully saturated rings. The Morgan fingerprint density at radius 2 is 1.89 bits per heavy atom. The van der Waals surface area contributed by atoms with Crippen LogP contribution in [0.15, 0.2) is 18.2 Å². The van der Waals surface area contributed by atoms with Crippen molar-refractivity contribution in [3.63, 3.8) is 0 Å². The number of carbonyl (C=O) groups excluding carboxylic acids is 1. The molecular weight excluding hydrogens is 299 g/mol. The van der Waals surface area contributed by atoms with Gasteiger partial charge in [-0.3, -0.25) is 4.79 Å². The minimum absolute atomic E-state index is 0. The van der Waals surface area contributed by atoms with E-state index < -0.39 is 0 Å². The molecule has 1 aromatic rings. The molecule has 0 aliphatic rings. The minimum atomic E-state index is 0. The number of rotatable bonds is 2. The quantitative estimate of drug-likeness (QED) is 0.761. The molecular formula is C15H23NOY-2. The van der Waals surface area contributed by atoms with E-state index in [9.17, 15) is 4.79 Å². The predicted molar refractivity (Wildman–Crippen MR) is 73.9 cm³/mol. The van der Waals surface area contributed by atoms with Crippen LogP contribution in [-0.2, 0) is 37.5 Å². The summed E-state index contributed by atoms with van der Waals surface area (Å²) in [5, 5.41) is 0. The monoisotopic (exact) mass is 322 g/mol. The second kappa shape index (κ2) is 8.06. The molecule has 3 heteroatoms. The number of aryl methyl sites for hydroxylation is 1. The molecule has 1 amide bonds. The van der Waals surface area contributed by atoms with Crippen molar-refractivity contribution in [1.29, 1.82) is 0 Å². The molecule has 18 heavy (non-hydrogen) atoms. The van der Waals surface area contributed by atoms with Crippen molar-refractivity contribution in [3.05, 3.63) is 37.3 Å². The van der Waals surface area contributed by atoms with E-state index in [1.165, 1.54) is 0 Å². The first-order valence-electron chi connectivity index (χ1n) is 5.54. The third-order valence-electron chi connectivity index (χ3n) is 2.36. The summed E-state index contributed by atoms with van der Waals surface area (Å²) in [6, 6.07) is 8.78. The number of benzene rings is 1. The van der Waals surface area contributed by atoms with Crippen LogP contribution in [0.2, 0.25) is 0 Å². The molecule has 0 aliphatic heterocycles. The molecule has 1 rings (SSSR count). The van der Waals surface area contributed by atoms with Crippen LogP contribution in [0, 0.1) is 25.8 Å². The second-order valence-electron chi connectivity index (χ2n) is 5.46. The maximum absolute atomic E-state index is 12.0. The summed E-state index contributed by atoms with van der Waals surface area (Å²) in [5.74, 6) is 0.145. The predicted octanol–water partition coefficient (Wildman–Crippen LogP) is 3.64. The van der Waals surface area contributed by atoms with Crippen LogP contribution in [0.4, 0.5) is 5.69 Å². The first kappa shape index (κ1) is 20.1. The van der Waals surface area contributed by atoms with Crippen LogP contribution in [-0.4, -0.2) is 13.0 Å². The molecule has 0 spiro atoms. The summed E-state index contributed by atoms with van der Waals surface area (Å²) in [5.41, 5.74) is 2.06. The van der Waals surface area contributed by atoms with Gasteiger partial charge in [0.15, 0.2) is 0 Å². The van der Waals surface area contributed by atoms with Gasteiger partial charge in [0.2, 0.25) is 5.91 Å². The van der Waals surface area contributed by atoms with E-state index in [0.717, 1.165) is 11.3 Å². The Kier molecular flexibility index (Phi) is 9.01. The van der Waals surface area contributed by atoms with Crippen LogP contribution >= 0.6 is 0 Å². The molecule has 0 unspecified atom stereocenters. The largest absolute Gasteiger partial charge is 0.369 e. The smallest absolute Gasteiger partial charge is 0.216 e. The molecule has 0 N–H and O–H groups in total. The molecule has 0 bridgehead atoms. The molecule has 0 saturated carbocycles. The molecule has 0 aromatic heterocycles. The fraction of sp³-hybridized carbons (Fsp3) is 0.467. The SMILES string of the molecule is Cc1c[c-]cc(N(C)C(=O)CC(C)(C)C)c1.[CH3-].[Y]. The van der Waals surface area contributed by atoms with Gasteiger partial charge in [-0.2, -0.15) is 23.8 Å². The van der Waals surface area contributed by atoms with Gasteiger partial charge in [0.25, 0.3) is 0 Å². The van der Waals surface area contributed by atoms with E-state index in [4.69, 9.17) is 0 Å². The molecule has 0 atom stereocenters. The number of anilines is 1. The van der Waals surface area contributed by atoms with Crippen molar-refractivity contribution in [2.45, 2.75) is 34.1 Å². The summed E-state index contributed by atoms with van der Waals surface area (Å²) in [6.07, 6.45) is 0.553. The van der Waals surface area contributed by atoms with E-state index >= 15 is 0 Å². The average molecular weight is 322 g/mol. The van der Waals surface area contributed by atoms with Crippen molar-refractivity contribution < 1.29 is 37.5 Å². The maximum atomic E-state index is 12.0. The number of carbonyl (C=O) groups is 1. The van der Waals surface area contributed by atoms with Crippen molar-refractivity contribution in [2.75, 3.05) is 11.9 Å². The minimum Gasteiger partial charge on any atom is -0.369 e. The zero-order valence-corrected chi connectivity index (χ0v) is 15.2. The van der Waals surface area contributed by atoms with Crippen LogP contribution in [0.3, 0.4) is 0 Å². The van der Waals surface area contributed by atoms with Gasteiger partial charge in [0.1, 0.15) is 0 Å². The third kappa shape index (κ3) is 6.65. The van der Waals surface area contributed by atoms with E-state index in [1.54, 1.807) is 4.90 Å². The summed E-state index contributed by atoms with van der Waals surface area (Å²) in [4.78, 5) is 13.7. The Hall–Kier alpha value is -0.206. The Morgan fingerprint density at radius 3 is 2.33 bits per heavy atom. The fourth-order valence-electron chi connectivity index (χ4n) is 1.48. The number of amides is 1. The topological polar surface area (TPSA) is 20.3 Å². The standard InChI is InChI=1S/C14H20NO.CH3.Y/c1-11-7-6-8-12(9-11)15(5)13(16)10-14(2,3)4;;/h7-9H,10H2,1-5H3;1H3;/q2*-1;.